The van der Waals surface area contributed by atoms with Gasteiger partial charge in [-0.2, -0.15) is 5.10 Å². The fourth-order valence-corrected chi connectivity index (χ4v) is 4.69. The Kier molecular flexibility index (Phi) is 3.66. The lowest BCUT2D eigenvalue weighted by Crippen LogP contribution is -2.36. The average molecular weight is 374 g/mol. The molecule has 0 bridgehead atoms. The van der Waals surface area contributed by atoms with Crippen LogP contribution in [0.3, 0.4) is 0 Å². The van der Waals surface area contributed by atoms with Crippen LogP contribution in [-0.2, 0) is 28.0 Å². The molecule has 1 fully saturated rings. The Balaban J connectivity index is 1.46. The zero-order valence-electron chi connectivity index (χ0n) is 16.1. The summed E-state index contributed by atoms with van der Waals surface area (Å²) in [4.78, 5) is 32.1. The summed E-state index contributed by atoms with van der Waals surface area (Å²) in [6, 6.07) is 10.2. The van der Waals surface area contributed by atoms with Gasteiger partial charge in [0.05, 0.1) is 18.2 Å². The molecule has 6 heteroatoms. The smallest absolute Gasteiger partial charge is 0.240 e. The molecule has 2 aliphatic rings. The summed E-state index contributed by atoms with van der Waals surface area (Å²) in [5, 5.41) is 5.31. The Morgan fingerprint density at radius 2 is 2.00 bits per heavy atom. The van der Waals surface area contributed by atoms with Crippen LogP contribution in [0, 0.1) is 0 Å². The van der Waals surface area contributed by atoms with E-state index in [1.807, 2.05) is 28.9 Å². The predicted molar refractivity (Wildman–Crippen MR) is 105 cm³/mol. The van der Waals surface area contributed by atoms with E-state index >= 15 is 0 Å². The van der Waals surface area contributed by atoms with E-state index < -0.39 is 5.41 Å². The van der Waals surface area contributed by atoms with Gasteiger partial charge in [0, 0.05) is 24.0 Å². The molecule has 2 aromatic heterocycles. The van der Waals surface area contributed by atoms with Gasteiger partial charge < -0.3 is 0 Å². The molecule has 6 nitrogen and oxygen atoms in total. The van der Waals surface area contributed by atoms with Crippen LogP contribution in [0.2, 0.25) is 0 Å². The Morgan fingerprint density at radius 1 is 1.18 bits per heavy atom. The van der Waals surface area contributed by atoms with Crippen molar-refractivity contribution in [2.75, 3.05) is 0 Å². The summed E-state index contributed by atoms with van der Waals surface area (Å²) in [6.45, 7) is 4.38. The number of pyridine rings is 1. The monoisotopic (exact) mass is 374 g/mol. The minimum Gasteiger partial charge on any atom is -0.277 e. The van der Waals surface area contributed by atoms with Crippen LogP contribution in [0.5, 0.6) is 0 Å². The van der Waals surface area contributed by atoms with E-state index in [-0.39, 0.29) is 30.8 Å². The molecule has 2 amide bonds. The first kappa shape index (κ1) is 17.1. The molecule has 1 saturated heterocycles. The number of benzene rings is 1. The molecule has 1 aliphatic carbocycles. The highest BCUT2D eigenvalue weighted by Crippen LogP contribution is 2.47. The highest BCUT2D eigenvalue weighted by molar-refractivity contribution is 6.09. The molecule has 1 aromatic carbocycles. The SMILES string of the molecule is CC(C)n1ncc2cc(CN3C(=O)CC4(CCc5ccccc54)C3=O)cnc21. The van der Waals surface area contributed by atoms with Crippen molar-refractivity contribution in [2.24, 2.45) is 0 Å². The average Bonchev–Trinajstić information content (AvgIpc) is 3.33. The van der Waals surface area contributed by atoms with Crippen molar-refractivity contribution in [2.45, 2.75) is 51.1 Å². The lowest BCUT2D eigenvalue weighted by molar-refractivity contribution is -0.140. The summed E-state index contributed by atoms with van der Waals surface area (Å²) >= 11 is 0. The lowest BCUT2D eigenvalue weighted by Gasteiger charge is -2.22. The molecule has 142 valence electrons. The van der Waals surface area contributed by atoms with E-state index in [0.717, 1.165) is 28.6 Å². The second-order valence-electron chi connectivity index (χ2n) is 8.14. The summed E-state index contributed by atoms with van der Waals surface area (Å²) in [6.07, 6.45) is 5.37. The van der Waals surface area contributed by atoms with Gasteiger partial charge in [-0.3, -0.25) is 14.5 Å². The topological polar surface area (TPSA) is 68.1 Å². The normalized spacial score (nSPS) is 21.5. The van der Waals surface area contributed by atoms with Crippen LogP contribution < -0.4 is 0 Å². The van der Waals surface area contributed by atoms with E-state index in [9.17, 15) is 9.59 Å². The molecule has 1 unspecified atom stereocenters. The van der Waals surface area contributed by atoms with Gasteiger partial charge in [0.1, 0.15) is 0 Å². The van der Waals surface area contributed by atoms with E-state index in [2.05, 4.69) is 30.0 Å². The third kappa shape index (κ3) is 2.33. The van der Waals surface area contributed by atoms with Crippen LogP contribution in [0.4, 0.5) is 0 Å². The van der Waals surface area contributed by atoms with Crippen LogP contribution in [-0.4, -0.2) is 31.5 Å². The summed E-state index contributed by atoms with van der Waals surface area (Å²) in [7, 11) is 0. The van der Waals surface area contributed by atoms with Crippen LogP contribution >= 0.6 is 0 Å². The van der Waals surface area contributed by atoms with E-state index in [1.54, 1.807) is 12.4 Å². The number of rotatable bonds is 3. The van der Waals surface area contributed by atoms with Crippen molar-refractivity contribution >= 4 is 22.8 Å². The van der Waals surface area contributed by atoms with Crippen molar-refractivity contribution in [1.29, 1.82) is 0 Å². The van der Waals surface area contributed by atoms with Gasteiger partial charge in [0.15, 0.2) is 5.65 Å². The fraction of sp³-hybridized carbons (Fsp3) is 0.364. The zero-order chi connectivity index (χ0) is 19.5. The Bertz CT molecular complexity index is 1120. The van der Waals surface area contributed by atoms with Crippen LogP contribution in [0.15, 0.2) is 42.7 Å². The van der Waals surface area contributed by atoms with Crippen LogP contribution in [0.1, 0.15) is 49.4 Å². The Labute approximate surface area is 163 Å². The van der Waals surface area contributed by atoms with Gasteiger partial charge in [-0.05, 0) is 49.4 Å². The van der Waals surface area contributed by atoms with Gasteiger partial charge in [0.25, 0.3) is 0 Å². The highest BCUT2D eigenvalue weighted by Gasteiger charge is 2.55. The quantitative estimate of drug-likeness (QED) is 0.661. The fourth-order valence-electron chi connectivity index (χ4n) is 4.69. The highest BCUT2D eigenvalue weighted by atomic mass is 16.2. The summed E-state index contributed by atoms with van der Waals surface area (Å²) < 4.78 is 1.87. The molecular formula is C22H22N4O2. The van der Waals surface area contributed by atoms with Gasteiger partial charge in [-0.1, -0.05) is 24.3 Å². The predicted octanol–water partition coefficient (Wildman–Crippen LogP) is 3.16. The first-order valence-corrected chi connectivity index (χ1v) is 9.75. The zero-order valence-corrected chi connectivity index (χ0v) is 16.1. The first-order chi connectivity index (χ1) is 13.5. The first-order valence-electron chi connectivity index (χ1n) is 9.75. The second-order valence-corrected chi connectivity index (χ2v) is 8.14. The molecule has 1 atom stereocenters. The molecule has 3 heterocycles. The minimum absolute atomic E-state index is 0.0691. The summed E-state index contributed by atoms with van der Waals surface area (Å²) in [5.41, 5.74) is 3.21. The number of likely N-dealkylation sites (tertiary alicyclic amines) is 1. The standard InChI is InChI=1S/C22H22N4O2/c1-14(2)26-20-17(12-24-26)9-15(11-23-20)13-25-19(27)10-22(21(25)28)8-7-16-5-3-4-6-18(16)22/h3-6,9,11-12,14H,7-8,10,13H2,1-2H3. The molecule has 28 heavy (non-hydrogen) atoms. The van der Waals surface area contributed by atoms with Crippen LogP contribution in [0.25, 0.3) is 11.0 Å². The number of hydrogen-bond acceptors (Lipinski definition) is 4. The number of amides is 2. The number of nitrogens with zero attached hydrogens (tertiary/aromatic N) is 4. The second kappa shape index (κ2) is 5.99. The van der Waals surface area contributed by atoms with Crippen molar-refractivity contribution in [3.8, 4) is 0 Å². The van der Waals surface area contributed by atoms with Crippen molar-refractivity contribution < 1.29 is 9.59 Å². The minimum atomic E-state index is -0.673. The summed E-state index contributed by atoms with van der Waals surface area (Å²) in [5.74, 6) is -0.167. The molecule has 0 radical (unpaired) electrons. The number of carbonyl (C=O) groups is 2. The molecule has 3 aromatic rings. The maximum absolute atomic E-state index is 13.3. The Morgan fingerprint density at radius 3 is 2.82 bits per heavy atom. The maximum Gasteiger partial charge on any atom is 0.240 e. The largest absolute Gasteiger partial charge is 0.277 e. The number of carbonyl (C=O) groups excluding carboxylic acids is 2. The molecule has 5 rings (SSSR count). The molecule has 1 aliphatic heterocycles. The number of fused-ring (bicyclic) bond motifs is 3. The number of hydrogen-bond donors (Lipinski definition) is 0. The third-order valence-electron chi connectivity index (χ3n) is 6.08. The van der Waals surface area contributed by atoms with Gasteiger partial charge >= 0.3 is 0 Å². The van der Waals surface area contributed by atoms with Crippen molar-refractivity contribution in [1.82, 2.24) is 19.7 Å². The molecule has 0 saturated carbocycles. The molecule has 1 spiro atoms. The van der Waals surface area contributed by atoms with Gasteiger partial charge in [-0.15, -0.1) is 0 Å². The van der Waals surface area contributed by atoms with E-state index in [0.29, 0.717) is 6.42 Å². The van der Waals surface area contributed by atoms with E-state index in [4.69, 9.17) is 0 Å². The Hall–Kier alpha value is -3.02. The molecule has 0 N–H and O–H groups in total. The van der Waals surface area contributed by atoms with E-state index in [1.165, 1.54) is 10.5 Å². The van der Waals surface area contributed by atoms with Gasteiger partial charge in [0.2, 0.25) is 11.8 Å². The molecular weight excluding hydrogens is 352 g/mol. The maximum atomic E-state index is 13.3. The number of imide groups is 1. The van der Waals surface area contributed by atoms with Gasteiger partial charge in [-0.25, -0.2) is 9.67 Å². The number of aromatic nitrogens is 3. The number of aryl methyl sites for hydroxylation is 1. The van der Waals surface area contributed by atoms with Crippen molar-refractivity contribution in [3.63, 3.8) is 0 Å². The lowest BCUT2D eigenvalue weighted by atomic mass is 9.80. The van der Waals surface area contributed by atoms with Crippen molar-refractivity contribution in [3.05, 3.63) is 59.4 Å². The third-order valence-corrected chi connectivity index (χ3v) is 6.08.